The highest BCUT2D eigenvalue weighted by atomic mass is 16.3. The lowest BCUT2D eigenvalue weighted by Crippen LogP contribution is -2.38. The van der Waals surface area contributed by atoms with Gasteiger partial charge in [-0.1, -0.05) is 30.3 Å². The van der Waals surface area contributed by atoms with E-state index in [2.05, 4.69) is 35.3 Å². The quantitative estimate of drug-likeness (QED) is 0.720. The number of carbonyl (C=O) groups excluding carboxylic acids is 1. The Kier molecular flexibility index (Phi) is 4.26. The van der Waals surface area contributed by atoms with Crippen LogP contribution in [0.15, 0.2) is 52.9 Å². The highest BCUT2D eigenvalue weighted by molar-refractivity contribution is 5.97. The second kappa shape index (κ2) is 6.71. The molecule has 25 heavy (non-hydrogen) atoms. The van der Waals surface area contributed by atoms with E-state index >= 15 is 0 Å². The molecule has 1 aromatic heterocycles. The van der Waals surface area contributed by atoms with Crippen molar-refractivity contribution in [3.63, 3.8) is 0 Å². The number of piperidine rings is 1. The maximum atomic E-state index is 12.8. The molecule has 0 N–H and O–H groups in total. The molecule has 0 radical (unpaired) electrons. The van der Waals surface area contributed by atoms with Crippen LogP contribution >= 0.6 is 0 Å². The summed E-state index contributed by atoms with van der Waals surface area (Å²) in [7, 11) is 0. The third kappa shape index (κ3) is 3.43. The molecule has 0 unspecified atom stereocenters. The number of rotatable bonds is 3. The SMILES string of the molecule is Cc1nc2cc(C(=O)N3CCC(Cc4ccccc4)CC3)ccc2o1. The van der Waals surface area contributed by atoms with Gasteiger partial charge in [0.1, 0.15) is 5.52 Å². The Bertz CT molecular complexity index is 877. The molecule has 0 saturated carbocycles. The van der Waals surface area contributed by atoms with Crippen LogP contribution in [-0.4, -0.2) is 28.9 Å². The lowest BCUT2D eigenvalue weighted by molar-refractivity contribution is 0.0690. The summed E-state index contributed by atoms with van der Waals surface area (Å²) in [5.74, 6) is 1.38. The van der Waals surface area contributed by atoms with Crippen LogP contribution in [0.25, 0.3) is 11.1 Å². The predicted octanol–water partition coefficient (Wildman–Crippen LogP) is 4.23. The third-order valence-electron chi connectivity index (χ3n) is 5.01. The lowest BCUT2D eigenvalue weighted by atomic mass is 9.90. The minimum atomic E-state index is 0.0979. The zero-order valence-corrected chi connectivity index (χ0v) is 14.4. The maximum absolute atomic E-state index is 12.8. The number of fused-ring (bicyclic) bond motifs is 1. The van der Waals surface area contributed by atoms with Crippen LogP contribution in [0.3, 0.4) is 0 Å². The van der Waals surface area contributed by atoms with E-state index in [1.165, 1.54) is 5.56 Å². The molecular weight excluding hydrogens is 312 g/mol. The molecule has 0 spiro atoms. The van der Waals surface area contributed by atoms with E-state index in [-0.39, 0.29) is 5.91 Å². The van der Waals surface area contributed by atoms with Gasteiger partial charge in [0.15, 0.2) is 11.5 Å². The number of amides is 1. The molecule has 1 aliphatic rings. The van der Waals surface area contributed by atoms with Gasteiger partial charge in [-0.25, -0.2) is 4.98 Å². The summed E-state index contributed by atoms with van der Waals surface area (Å²) in [6.07, 6.45) is 3.23. The van der Waals surface area contributed by atoms with Gasteiger partial charge in [0.2, 0.25) is 0 Å². The molecule has 1 fully saturated rings. The first-order chi connectivity index (χ1) is 12.2. The van der Waals surface area contributed by atoms with Crippen LogP contribution < -0.4 is 0 Å². The lowest BCUT2D eigenvalue weighted by Gasteiger charge is -2.32. The molecule has 1 saturated heterocycles. The van der Waals surface area contributed by atoms with Crippen molar-refractivity contribution in [2.75, 3.05) is 13.1 Å². The molecule has 0 atom stereocenters. The van der Waals surface area contributed by atoms with Crippen molar-refractivity contribution < 1.29 is 9.21 Å². The highest BCUT2D eigenvalue weighted by Crippen LogP contribution is 2.24. The summed E-state index contributed by atoms with van der Waals surface area (Å²) < 4.78 is 5.48. The van der Waals surface area contributed by atoms with Crippen molar-refractivity contribution in [2.45, 2.75) is 26.2 Å². The van der Waals surface area contributed by atoms with E-state index < -0.39 is 0 Å². The van der Waals surface area contributed by atoms with Gasteiger partial charge in [-0.3, -0.25) is 4.79 Å². The molecule has 0 aliphatic carbocycles. The zero-order valence-electron chi connectivity index (χ0n) is 14.4. The molecule has 2 heterocycles. The van der Waals surface area contributed by atoms with Crippen LogP contribution in [0, 0.1) is 12.8 Å². The van der Waals surface area contributed by atoms with Gasteiger partial charge in [-0.05, 0) is 48.9 Å². The molecule has 2 aromatic carbocycles. The Morgan fingerprint density at radius 3 is 2.68 bits per heavy atom. The second-order valence-corrected chi connectivity index (χ2v) is 6.84. The summed E-state index contributed by atoms with van der Waals surface area (Å²) in [5, 5.41) is 0. The number of hydrogen-bond donors (Lipinski definition) is 0. The summed E-state index contributed by atoms with van der Waals surface area (Å²) in [4.78, 5) is 19.1. The third-order valence-corrected chi connectivity index (χ3v) is 5.01. The first-order valence-electron chi connectivity index (χ1n) is 8.89. The molecule has 1 amide bonds. The van der Waals surface area contributed by atoms with Crippen LogP contribution in [0.1, 0.15) is 34.7 Å². The van der Waals surface area contributed by atoms with E-state index in [1.54, 1.807) is 0 Å². The van der Waals surface area contributed by atoms with Crippen LogP contribution in [0.4, 0.5) is 0 Å². The monoisotopic (exact) mass is 334 g/mol. The fourth-order valence-corrected chi connectivity index (χ4v) is 3.65. The average Bonchev–Trinajstić information content (AvgIpc) is 3.02. The number of hydrogen-bond acceptors (Lipinski definition) is 3. The van der Waals surface area contributed by atoms with Crippen molar-refractivity contribution in [2.24, 2.45) is 5.92 Å². The van der Waals surface area contributed by atoms with Crippen molar-refractivity contribution in [3.8, 4) is 0 Å². The van der Waals surface area contributed by atoms with Crippen molar-refractivity contribution in [1.82, 2.24) is 9.88 Å². The normalized spacial score (nSPS) is 15.6. The number of aromatic nitrogens is 1. The van der Waals surface area contributed by atoms with Crippen LogP contribution in [-0.2, 0) is 6.42 Å². The molecule has 0 bridgehead atoms. The van der Waals surface area contributed by atoms with Crippen LogP contribution in [0.2, 0.25) is 0 Å². The Labute approximate surface area is 147 Å². The van der Waals surface area contributed by atoms with E-state index in [9.17, 15) is 4.79 Å². The highest BCUT2D eigenvalue weighted by Gasteiger charge is 2.24. The van der Waals surface area contributed by atoms with E-state index in [0.717, 1.165) is 43.5 Å². The summed E-state index contributed by atoms with van der Waals surface area (Å²) in [5.41, 5.74) is 3.57. The molecule has 4 heteroatoms. The van der Waals surface area contributed by atoms with Gasteiger partial charge in [0, 0.05) is 25.6 Å². The number of likely N-dealkylation sites (tertiary alicyclic amines) is 1. The number of nitrogens with zero attached hydrogens (tertiary/aromatic N) is 2. The van der Waals surface area contributed by atoms with Gasteiger partial charge in [-0.2, -0.15) is 0 Å². The molecule has 4 rings (SSSR count). The molecule has 4 nitrogen and oxygen atoms in total. The summed E-state index contributed by atoms with van der Waals surface area (Å²) in [6.45, 7) is 3.47. The van der Waals surface area contributed by atoms with Crippen molar-refractivity contribution in [3.05, 3.63) is 65.5 Å². The minimum Gasteiger partial charge on any atom is -0.441 e. The van der Waals surface area contributed by atoms with Gasteiger partial charge >= 0.3 is 0 Å². The minimum absolute atomic E-state index is 0.0979. The van der Waals surface area contributed by atoms with E-state index in [4.69, 9.17) is 4.42 Å². The van der Waals surface area contributed by atoms with Crippen molar-refractivity contribution in [1.29, 1.82) is 0 Å². The molecule has 1 aliphatic heterocycles. The van der Waals surface area contributed by atoms with Gasteiger partial charge in [0.25, 0.3) is 5.91 Å². The maximum Gasteiger partial charge on any atom is 0.253 e. The zero-order chi connectivity index (χ0) is 17.2. The van der Waals surface area contributed by atoms with Crippen molar-refractivity contribution >= 4 is 17.0 Å². The van der Waals surface area contributed by atoms with Gasteiger partial charge in [0.05, 0.1) is 0 Å². The topological polar surface area (TPSA) is 46.3 Å². The number of oxazole rings is 1. The first-order valence-corrected chi connectivity index (χ1v) is 8.89. The largest absolute Gasteiger partial charge is 0.441 e. The molecular formula is C21H22N2O2. The average molecular weight is 334 g/mol. The first kappa shape index (κ1) is 15.9. The number of carbonyl (C=O) groups is 1. The fourth-order valence-electron chi connectivity index (χ4n) is 3.65. The Morgan fingerprint density at radius 1 is 1.16 bits per heavy atom. The second-order valence-electron chi connectivity index (χ2n) is 6.84. The fraction of sp³-hybridized carbons (Fsp3) is 0.333. The van der Waals surface area contributed by atoms with Gasteiger partial charge < -0.3 is 9.32 Å². The van der Waals surface area contributed by atoms with E-state index in [0.29, 0.717) is 17.4 Å². The molecule has 3 aromatic rings. The van der Waals surface area contributed by atoms with Gasteiger partial charge in [-0.15, -0.1) is 0 Å². The smallest absolute Gasteiger partial charge is 0.253 e. The Hall–Kier alpha value is -2.62. The Morgan fingerprint density at radius 2 is 1.92 bits per heavy atom. The number of benzene rings is 2. The standard InChI is InChI=1S/C21H22N2O2/c1-15-22-19-14-18(7-8-20(19)25-15)21(24)23-11-9-17(10-12-23)13-16-5-3-2-4-6-16/h2-8,14,17H,9-13H2,1H3. The predicted molar refractivity (Wildman–Crippen MR) is 97.5 cm³/mol. The molecule has 128 valence electrons. The summed E-state index contributed by atoms with van der Waals surface area (Å²) >= 11 is 0. The van der Waals surface area contributed by atoms with Crippen LogP contribution in [0.5, 0.6) is 0 Å². The summed E-state index contributed by atoms with van der Waals surface area (Å²) in [6, 6.07) is 16.1. The number of aryl methyl sites for hydroxylation is 1. The van der Waals surface area contributed by atoms with E-state index in [1.807, 2.05) is 30.0 Å². The Balaban J connectivity index is 1.40.